The number of rotatable bonds is 4. The molecule has 0 aliphatic carbocycles. The smallest absolute Gasteiger partial charge is 0.0946 e. The third kappa shape index (κ3) is 2.62. The molecular weight excluding hydrogens is 134 g/mol. The first-order chi connectivity index (χ1) is 4.63. The quantitative estimate of drug-likeness (QED) is 0.389. The maximum absolute atomic E-state index is 9.03. The van der Waals surface area contributed by atoms with E-state index in [2.05, 4.69) is 0 Å². The zero-order valence-corrected chi connectivity index (χ0v) is 6.07. The monoisotopic (exact) mass is 149 g/mol. The topological polar surface area (TPSA) is 86.7 Å². The molecule has 0 spiro atoms. The van der Waals surface area contributed by atoms with E-state index in [1.165, 1.54) is 0 Å². The second-order valence-electron chi connectivity index (χ2n) is 2.30. The number of hydrogen-bond donors (Lipinski definition) is 4. The highest BCUT2D eigenvalue weighted by Gasteiger charge is 2.20. The fourth-order valence-electron chi connectivity index (χ4n) is 0.650. The number of aliphatic hydroxyl groups is 3. The third-order valence-electron chi connectivity index (χ3n) is 1.49. The average molecular weight is 149 g/mol. The van der Waals surface area contributed by atoms with Crippen molar-refractivity contribution in [1.82, 2.24) is 0 Å². The summed E-state index contributed by atoms with van der Waals surface area (Å²) < 4.78 is 0. The summed E-state index contributed by atoms with van der Waals surface area (Å²) in [4.78, 5) is 0. The summed E-state index contributed by atoms with van der Waals surface area (Å²) in [5, 5.41) is 26.3. The minimum absolute atomic E-state index is 0.405. The lowest BCUT2D eigenvalue weighted by atomic mass is 10.0. The Hall–Kier alpha value is -0.160. The second-order valence-corrected chi connectivity index (χ2v) is 2.30. The summed E-state index contributed by atoms with van der Waals surface area (Å²) in [7, 11) is 0. The van der Waals surface area contributed by atoms with Crippen molar-refractivity contribution < 1.29 is 15.3 Å². The lowest BCUT2D eigenvalue weighted by molar-refractivity contribution is 0.0202. The van der Waals surface area contributed by atoms with Crippen molar-refractivity contribution in [3.63, 3.8) is 0 Å². The molecule has 0 radical (unpaired) electrons. The van der Waals surface area contributed by atoms with E-state index in [0.29, 0.717) is 6.42 Å². The van der Waals surface area contributed by atoms with Gasteiger partial charge >= 0.3 is 0 Å². The van der Waals surface area contributed by atoms with Crippen LogP contribution >= 0.6 is 0 Å². The average Bonchev–Trinajstić information content (AvgIpc) is 2.00. The summed E-state index contributed by atoms with van der Waals surface area (Å²) in [5.41, 5.74) is 5.32. The van der Waals surface area contributed by atoms with Crippen LogP contribution in [-0.4, -0.2) is 40.2 Å². The molecule has 62 valence electrons. The van der Waals surface area contributed by atoms with Crippen LogP contribution in [0.5, 0.6) is 0 Å². The lowest BCUT2D eigenvalue weighted by Crippen LogP contribution is -2.46. The summed E-state index contributed by atoms with van der Waals surface area (Å²) in [6, 6.07) is -0.741. The molecule has 0 bridgehead atoms. The van der Waals surface area contributed by atoms with Crippen LogP contribution in [0, 0.1) is 0 Å². The minimum Gasteiger partial charge on any atom is -0.394 e. The molecule has 3 atom stereocenters. The first-order valence-corrected chi connectivity index (χ1v) is 3.36. The van der Waals surface area contributed by atoms with Gasteiger partial charge in [0.05, 0.1) is 24.9 Å². The van der Waals surface area contributed by atoms with Gasteiger partial charge in [0.15, 0.2) is 0 Å². The van der Waals surface area contributed by atoms with E-state index in [4.69, 9.17) is 21.1 Å². The molecule has 0 aliphatic rings. The SMILES string of the molecule is CC[C@@H](O)C(N)C(O)CO. The fourth-order valence-corrected chi connectivity index (χ4v) is 0.650. The Balaban J connectivity index is 3.69. The zero-order valence-electron chi connectivity index (χ0n) is 6.07. The first kappa shape index (κ1) is 9.84. The summed E-state index contributed by atoms with van der Waals surface area (Å²) >= 11 is 0. The van der Waals surface area contributed by atoms with Gasteiger partial charge in [-0.15, -0.1) is 0 Å². The van der Waals surface area contributed by atoms with Crippen molar-refractivity contribution in [2.24, 2.45) is 5.73 Å². The van der Waals surface area contributed by atoms with Crippen molar-refractivity contribution in [3.05, 3.63) is 0 Å². The molecule has 0 aliphatic heterocycles. The molecule has 0 fully saturated rings. The first-order valence-electron chi connectivity index (χ1n) is 3.36. The molecular formula is C6H15NO3. The van der Waals surface area contributed by atoms with Crippen LogP contribution < -0.4 is 5.73 Å². The highest BCUT2D eigenvalue weighted by molar-refractivity contribution is 4.77. The van der Waals surface area contributed by atoms with Crippen molar-refractivity contribution in [3.8, 4) is 0 Å². The Labute approximate surface area is 60.3 Å². The van der Waals surface area contributed by atoms with Crippen molar-refractivity contribution in [1.29, 1.82) is 0 Å². The van der Waals surface area contributed by atoms with E-state index in [1.54, 1.807) is 6.92 Å². The normalized spacial score (nSPS) is 20.1. The van der Waals surface area contributed by atoms with Crippen LogP contribution in [0.4, 0.5) is 0 Å². The molecule has 2 unspecified atom stereocenters. The molecule has 10 heavy (non-hydrogen) atoms. The molecule has 4 nitrogen and oxygen atoms in total. The van der Waals surface area contributed by atoms with Crippen LogP contribution in [-0.2, 0) is 0 Å². The largest absolute Gasteiger partial charge is 0.394 e. The zero-order chi connectivity index (χ0) is 8.15. The summed E-state index contributed by atoms with van der Waals surface area (Å²) in [6.45, 7) is 1.35. The van der Waals surface area contributed by atoms with E-state index < -0.39 is 24.9 Å². The molecule has 0 aromatic heterocycles. The molecule has 5 N–H and O–H groups in total. The lowest BCUT2D eigenvalue weighted by Gasteiger charge is -2.20. The molecule has 0 saturated carbocycles. The second kappa shape index (κ2) is 4.62. The van der Waals surface area contributed by atoms with Crippen LogP contribution in [0.2, 0.25) is 0 Å². The maximum atomic E-state index is 9.03. The highest BCUT2D eigenvalue weighted by Crippen LogP contribution is 1.99. The molecule has 0 heterocycles. The summed E-state index contributed by atoms with van der Waals surface area (Å²) in [6.07, 6.45) is -1.27. The number of aliphatic hydroxyl groups excluding tert-OH is 3. The van der Waals surface area contributed by atoms with Gasteiger partial charge in [-0.1, -0.05) is 6.92 Å². The molecule has 0 amide bonds. The van der Waals surface area contributed by atoms with E-state index in [1.807, 2.05) is 0 Å². The van der Waals surface area contributed by atoms with Crippen molar-refractivity contribution in [2.45, 2.75) is 31.6 Å². The van der Waals surface area contributed by atoms with Gasteiger partial charge < -0.3 is 21.1 Å². The van der Waals surface area contributed by atoms with E-state index in [9.17, 15) is 0 Å². The van der Waals surface area contributed by atoms with E-state index in [-0.39, 0.29) is 0 Å². The highest BCUT2D eigenvalue weighted by atomic mass is 16.3. The molecule has 0 saturated heterocycles. The Morgan fingerprint density at radius 1 is 1.30 bits per heavy atom. The van der Waals surface area contributed by atoms with Gasteiger partial charge in [0.2, 0.25) is 0 Å². The van der Waals surface area contributed by atoms with Gasteiger partial charge in [-0.05, 0) is 6.42 Å². The predicted octanol–water partition coefficient (Wildman–Crippen LogP) is -1.56. The Bertz CT molecular complexity index is 79.1. The van der Waals surface area contributed by atoms with Crippen LogP contribution in [0.1, 0.15) is 13.3 Å². The molecule has 4 heteroatoms. The van der Waals surface area contributed by atoms with Gasteiger partial charge in [-0.2, -0.15) is 0 Å². The Morgan fingerprint density at radius 2 is 1.80 bits per heavy atom. The van der Waals surface area contributed by atoms with Gasteiger partial charge in [-0.3, -0.25) is 0 Å². The third-order valence-corrected chi connectivity index (χ3v) is 1.49. The van der Waals surface area contributed by atoms with Crippen LogP contribution in [0.25, 0.3) is 0 Å². The number of hydrogen-bond acceptors (Lipinski definition) is 4. The minimum atomic E-state index is -1.02. The fraction of sp³-hybridized carbons (Fsp3) is 1.00. The van der Waals surface area contributed by atoms with Crippen LogP contribution in [0.3, 0.4) is 0 Å². The Morgan fingerprint density at radius 3 is 2.10 bits per heavy atom. The molecule has 0 aromatic rings. The van der Waals surface area contributed by atoms with E-state index >= 15 is 0 Å². The summed E-state index contributed by atoms with van der Waals surface area (Å²) in [5.74, 6) is 0. The standard InChI is InChI=1S/C6H15NO3/c1-2-4(9)6(7)5(10)3-8/h4-6,8-10H,2-3,7H2,1H3/t4-,5?,6?/m1/s1. The number of nitrogens with two attached hydrogens (primary N) is 1. The van der Waals surface area contributed by atoms with Crippen LogP contribution in [0.15, 0.2) is 0 Å². The van der Waals surface area contributed by atoms with Gasteiger partial charge in [0.1, 0.15) is 0 Å². The van der Waals surface area contributed by atoms with Gasteiger partial charge in [0, 0.05) is 0 Å². The van der Waals surface area contributed by atoms with Crippen molar-refractivity contribution in [2.75, 3.05) is 6.61 Å². The molecule has 0 aromatic carbocycles. The van der Waals surface area contributed by atoms with Crippen molar-refractivity contribution >= 4 is 0 Å². The van der Waals surface area contributed by atoms with Gasteiger partial charge in [-0.25, -0.2) is 0 Å². The van der Waals surface area contributed by atoms with Gasteiger partial charge in [0.25, 0.3) is 0 Å². The predicted molar refractivity (Wildman–Crippen MR) is 37.4 cm³/mol. The maximum Gasteiger partial charge on any atom is 0.0946 e. The Kier molecular flexibility index (Phi) is 4.55. The molecule has 0 rings (SSSR count). The van der Waals surface area contributed by atoms with E-state index in [0.717, 1.165) is 0 Å².